The Balaban J connectivity index is 1.49. The molecule has 0 amide bonds. The Morgan fingerprint density at radius 2 is 1.81 bits per heavy atom. The Hall–Kier alpha value is -1.81. The lowest BCUT2D eigenvalue weighted by atomic mass is 9.72. The number of esters is 1. The van der Waals surface area contributed by atoms with Crippen molar-refractivity contribution in [3.05, 3.63) is 35.9 Å². The van der Waals surface area contributed by atoms with Crippen molar-refractivity contribution in [1.82, 2.24) is 5.32 Å². The van der Waals surface area contributed by atoms with Crippen LogP contribution in [-0.4, -0.2) is 31.3 Å². The average Bonchev–Trinajstić information content (AvgIpc) is 2.74. The largest absolute Gasteiger partial charge is 0.490 e. The number of hydrogen-bond acceptors (Lipinski definition) is 4. The van der Waals surface area contributed by atoms with E-state index in [0.717, 1.165) is 50.3 Å². The van der Waals surface area contributed by atoms with E-state index in [9.17, 15) is 4.79 Å². The van der Waals surface area contributed by atoms with Crippen LogP contribution in [0.2, 0.25) is 0 Å². The van der Waals surface area contributed by atoms with Crippen molar-refractivity contribution in [3.63, 3.8) is 0 Å². The molecule has 0 spiro atoms. The molecular formula is C27H41NO3. The Bertz CT molecular complexity index is 724. The molecule has 0 saturated heterocycles. The maximum atomic E-state index is 11.5. The number of benzene rings is 1. The van der Waals surface area contributed by atoms with E-state index in [2.05, 4.69) is 56.4 Å². The zero-order valence-electron chi connectivity index (χ0n) is 19.9. The van der Waals surface area contributed by atoms with E-state index in [-0.39, 0.29) is 5.97 Å². The molecule has 1 N–H and O–H groups in total. The highest BCUT2D eigenvalue weighted by Gasteiger charge is 2.30. The van der Waals surface area contributed by atoms with E-state index in [0.29, 0.717) is 30.6 Å². The van der Waals surface area contributed by atoms with Crippen molar-refractivity contribution >= 4 is 11.5 Å². The molecule has 1 fully saturated rings. The normalized spacial score (nSPS) is 24.4. The summed E-state index contributed by atoms with van der Waals surface area (Å²) in [6, 6.07) is 8.98. The summed E-state index contributed by atoms with van der Waals surface area (Å²) in [5, 5.41) is 3.55. The van der Waals surface area contributed by atoms with Crippen molar-refractivity contribution < 1.29 is 14.3 Å². The first-order valence-corrected chi connectivity index (χ1v) is 12.2. The van der Waals surface area contributed by atoms with Crippen molar-refractivity contribution in [2.45, 2.75) is 91.2 Å². The fraction of sp³-hybridized carbons (Fsp3) is 0.667. The summed E-state index contributed by atoms with van der Waals surface area (Å²) in [6.07, 6.45) is 10.9. The molecule has 1 aromatic carbocycles. The number of hydrogen-bond donors (Lipinski definition) is 1. The zero-order valence-corrected chi connectivity index (χ0v) is 19.9. The monoisotopic (exact) mass is 427 g/mol. The van der Waals surface area contributed by atoms with E-state index < -0.39 is 0 Å². The molecule has 1 aliphatic carbocycles. The van der Waals surface area contributed by atoms with Gasteiger partial charge in [-0.2, -0.15) is 0 Å². The van der Waals surface area contributed by atoms with Gasteiger partial charge in [0.1, 0.15) is 5.75 Å². The molecule has 1 unspecified atom stereocenters. The van der Waals surface area contributed by atoms with Crippen LogP contribution in [0.5, 0.6) is 5.75 Å². The van der Waals surface area contributed by atoms with Crippen LogP contribution in [0.25, 0.3) is 5.57 Å². The molecule has 2 aliphatic rings. The molecule has 1 saturated carbocycles. The molecule has 1 aromatic rings. The maximum absolute atomic E-state index is 11.5. The van der Waals surface area contributed by atoms with Gasteiger partial charge in [0.05, 0.1) is 12.7 Å². The fourth-order valence-corrected chi connectivity index (χ4v) is 4.89. The molecule has 172 valence electrons. The Labute approximate surface area is 188 Å². The van der Waals surface area contributed by atoms with Gasteiger partial charge in [-0.15, -0.1) is 0 Å². The lowest BCUT2D eigenvalue weighted by Gasteiger charge is -2.37. The molecule has 1 aliphatic heterocycles. The molecule has 1 atom stereocenters. The summed E-state index contributed by atoms with van der Waals surface area (Å²) < 4.78 is 11.3. The summed E-state index contributed by atoms with van der Waals surface area (Å²) in [7, 11) is 0. The molecule has 3 rings (SSSR count). The molecule has 0 radical (unpaired) electrons. The lowest BCUT2D eigenvalue weighted by Crippen LogP contribution is -2.32. The third kappa shape index (κ3) is 7.38. The van der Waals surface area contributed by atoms with Gasteiger partial charge in [0.2, 0.25) is 0 Å². The van der Waals surface area contributed by atoms with Crippen LogP contribution in [0.3, 0.4) is 0 Å². The predicted octanol–water partition coefficient (Wildman–Crippen LogP) is 6.15. The summed E-state index contributed by atoms with van der Waals surface area (Å²) in [5.41, 5.74) is 3.07. The van der Waals surface area contributed by atoms with Crippen LogP contribution < -0.4 is 10.1 Å². The predicted molar refractivity (Wildman–Crippen MR) is 127 cm³/mol. The second-order valence-electron chi connectivity index (χ2n) is 10.2. The number of rotatable bonds is 8. The standard InChI is InChI=1S/C27H41NO3/c1-5-30-26(29)8-6-7-23-19-21(17-18-28-23)20-9-13-24(14-10-20)31-25-15-11-22(12-16-25)27(2,3)4/h9-10,13-14,19,22-23,25,28H,5-8,11-12,15-18H2,1-4H3/t22-,23?,25-. The Morgan fingerprint density at radius 1 is 1.10 bits per heavy atom. The second-order valence-corrected chi connectivity index (χ2v) is 10.2. The minimum Gasteiger partial charge on any atom is -0.490 e. The van der Waals surface area contributed by atoms with E-state index in [1.54, 1.807) is 0 Å². The van der Waals surface area contributed by atoms with E-state index >= 15 is 0 Å². The minimum atomic E-state index is -0.0926. The van der Waals surface area contributed by atoms with Gasteiger partial charge in [0.15, 0.2) is 0 Å². The van der Waals surface area contributed by atoms with Gasteiger partial charge in [-0.1, -0.05) is 39.0 Å². The maximum Gasteiger partial charge on any atom is 0.305 e. The van der Waals surface area contributed by atoms with Crippen LogP contribution in [0.1, 0.15) is 84.6 Å². The van der Waals surface area contributed by atoms with Gasteiger partial charge in [-0.05, 0) is 93.0 Å². The van der Waals surface area contributed by atoms with E-state index in [1.165, 1.54) is 24.0 Å². The highest BCUT2D eigenvalue weighted by Crippen LogP contribution is 2.38. The van der Waals surface area contributed by atoms with Gasteiger partial charge in [-0.3, -0.25) is 4.79 Å². The van der Waals surface area contributed by atoms with Crippen LogP contribution in [-0.2, 0) is 9.53 Å². The van der Waals surface area contributed by atoms with E-state index in [1.807, 2.05) is 6.92 Å². The lowest BCUT2D eigenvalue weighted by molar-refractivity contribution is -0.143. The molecule has 0 bridgehead atoms. The quantitative estimate of drug-likeness (QED) is 0.506. The number of carbonyl (C=O) groups excluding carboxylic acids is 1. The zero-order chi connectivity index (χ0) is 22.3. The summed E-state index contributed by atoms with van der Waals surface area (Å²) in [5.74, 6) is 1.71. The molecule has 1 heterocycles. The molecule has 31 heavy (non-hydrogen) atoms. The Kier molecular flexibility index (Phi) is 8.59. The number of ether oxygens (including phenoxy) is 2. The first-order valence-electron chi connectivity index (χ1n) is 12.2. The highest BCUT2D eigenvalue weighted by molar-refractivity contribution is 5.69. The van der Waals surface area contributed by atoms with Gasteiger partial charge in [0, 0.05) is 12.5 Å². The molecular weight excluding hydrogens is 386 g/mol. The molecule has 4 nitrogen and oxygen atoms in total. The summed E-state index contributed by atoms with van der Waals surface area (Å²) >= 11 is 0. The smallest absolute Gasteiger partial charge is 0.305 e. The molecule has 4 heteroatoms. The van der Waals surface area contributed by atoms with E-state index in [4.69, 9.17) is 9.47 Å². The first kappa shape index (κ1) is 23.8. The summed E-state index contributed by atoms with van der Waals surface area (Å²) in [6.45, 7) is 10.4. The Morgan fingerprint density at radius 3 is 2.45 bits per heavy atom. The second kappa shape index (κ2) is 11.2. The van der Waals surface area contributed by atoms with Gasteiger partial charge in [-0.25, -0.2) is 0 Å². The minimum absolute atomic E-state index is 0.0926. The van der Waals surface area contributed by atoms with Crippen molar-refractivity contribution in [2.24, 2.45) is 11.3 Å². The van der Waals surface area contributed by atoms with Crippen molar-refractivity contribution in [3.8, 4) is 5.75 Å². The van der Waals surface area contributed by atoms with Crippen molar-refractivity contribution in [1.29, 1.82) is 0 Å². The van der Waals surface area contributed by atoms with Crippen LogP contribution >= 0.6 is 0 Å². The van der Waals surface area contributed by atoms with Crippen LogP contribution in [0.4, 0.5) is 0 Å². The topological polar surface area (TPSA) is 47.6 Å². The SMILES string of the molecule is CCOC(=O)CCCC1C=C(c2ccc(O[C@H]3CC[C@H](C(C)(C)C)CC3)cc2)CCN1. The van der Waals surface area contributed by atoms with Crippen molar-refractivity contribution in [2.75, 3.05) is 13.2 Å². The third-order valence-electron chi connectivity index (χ3n) is 6.83. The van der Waals surface area contributed by atoms with Crippen LogP contribution in [0.15, 0.2) is 30.3 Å². The highest BCUT2D eigenvalue weighted by atomic mass is 16.5. The average molecular weight is 428 g/mol. The summed E-state index contributed by atoms with van der Waals surface area (Å²) in [4.78, 5) is 11.5. The van der Waals surface area contributed by atoms with Gasteiger partial charge >= 0.3 is 5.97 Å². The molecule has 0 aromatic heterocycles. The fourth-order valence-electron chi connectivity index (χ4n) is 4.89. The van der Waals surface area contributed by atoms with Crippen LogP contribution in [0, 0.1) is 11.3 Å². The number of carbonyl (C=O) groups is 1. The third-order valence-corrected chi connectivity index (χ3v) is 6.83. The van der Waals surface area contributed by atoms with Gasteiger partial charge < -0.3 is 14.8 Å². The van der Waals surface area contributed by atoms with Gasteiger partial charge in [0.25, 0.3) is 0 Å². The first-order chi connectivity index (χ1) is 14.8. The number of nitrogens with one attached hydrogen (secondary N) is 1.